The van der Waals surface area contributed by atoms with Gasteiger partial charge in [0.2, 0.25) is 0 Å². The molecule has 1 aromatic rings. The Bertz CT molecular complexity index is 301. The number of nitrogens with one attached hydrogen (secondary N) is 1. The highest BCUT2D eigenvalue weighted by Crippen LogP contribution is 2.24. The van der Waals surface area contributed by atoms with Crippen molar-refractivity contribution in [1.29, 1.82) is 0 Å². The van der Waals surface area contributed by atoms with Crippen molar-refractivity contribution in [3.05, 3.63) is 33.8 Å². The minimum Gasteiger partial charge on any atom is -0.383 e. The van der Waals surface area contributed by atoms with Crippen LogP contribution in [-0.2, 0) is 4.74 Å². The van der Waals surface area contributed by atoms with E-state index in [1.165, 1.54) is 11.1 Å². The molecule has 14 heavy (non-hydrogen) atoms. The van der Waals surface area contributed by atoms with Crippen molar-refractivity contribution in [2.45, 2.75) is 13.0 Å². The fraction of sp³-hybridized carbons (Fsp3) is 0.455. The zero-order chi connectivity index (χ0) is 10.6. The normalized spacial score (nSPS) is 12.9. The van der Waals surface area contributed by atoms with E-state index >= 15 is 0 Å². The van der Waals surface area contributed by atoms with Crippen molar-refractivity contribution >= 4 is 15.9 Å². The van der Waals surface area contributed by atoms with Gasteiger partial charge in [0, 0.05) is 11.6 Å². The van der Waals surface area contributed by atoms with Crippen molar-refractivity contribution < 1.29 is 4.74 Å². The van der Waals surface area contributed by atoms with Crippen LogP contribution in [0.3, 0.4) is 0 Å². The van der Waals surface area contributed by atoms with Crippen LogP contribution >= 0.6 is 15.9 Å². The zero-order valence-corrected chi connectivity index (χ0v) is 10.4. The van der Waals surface area contributed by atoms with Crippen LogP contribution in [0.15, 0.2) is 22.7 Å². The van der Waals surface area contributed by atoms with Gasteiger partial charge in [0.25, 0.3) is 0 Å². The van der Waals surface area contributed by atoms with Crippen molar-refractivity contribution in [3.8, 4) is 0 Å². The van der Waals surface area contributed by atoms with Crippen LogP contribution < -0.4 is 5.32 Å². The molecule has 1 N–H and O–H groups in total. The molecule has 0 amide bonds. The molecule has 0 fully saturated rings. The van der Waals surface area contributed by atoms with Crippen LogP contribution in [0.1, 0.15) is 17.2 Å². The molecule has 0 radical (unpaired) electrons. The maximum absolute atomic E-state index is 5.15. The highest BCUT2D eigenvalue weighted by molar-refractivity contribution is 9.10. The summed E-state index contributed by atoms with van der Waals surface area (Å²) in [7, 11) is 3.66. The molecule has 1 atom stereocenters. The standard InChI is InChI=1S/C11H16BrNO/c1-8-4-5-9(10(12)6-8)11(13-2)7-14-3/h4-6,11,13H,7H2,1-3H3. The third kappa shape index (κ3) is 2.80. The van der Waals surface area contributed by atoms with Crippen LogP contribution in [0.5, 0.6) is 0 Å². The molecule has 1 rings (SSSR count). The minimum atomic E-state index is 0.245. The third-order valence-corrected chi connectivity index (χ3v) is 2.90. The van der Waals surface area contributed by atoms with Crippen LogP contribution in [0.25, 0.3) is 0 Å². The molecule has 0 saturated carbocycles. The molecule has 0 heterocycles. The molecule has 78 valence electrons. The molecule has 1 unspecified atom stereocenters. The van der Waals surface area contributed by atoms with E-state index in [1.54, 1.807) is 7.11 Å². The number of rotatable bonds is 4. The quantitative estimate of drug-likeness (QED) is 0.896. The van der Waals surface area contributed by atoms with Gasteiger partial charge < -0.3 is 10.1 Å². The minimum absolute atomic E-state index is 0.245. The van der Waals surface area contributed by atoms with Gasteiger partial charge in [-0.2, -0.15) is 0 Å². The number of hydrogen-bond donors (Lipinski definition) is 1. The number of benzene rings is 1. The maximum atomic E-state index is 5.15. The number of likely N-dealkylation sites (N-methyl/N-ethyl adjacent to an activating group) is 1. The summed E-state index contributed by atoms with van der Waals surface area (Å²) in [6.07, 6.45) is 0. The van der Waals surface area contributed by atoms with E-state index in [2.05, 4.69) is 46.4 Å². The summed E-state index contributed by atoms with van der Waals surface area (Å²) < 4.78 is 6.28. The molecule has 0 saturated heterocycles. The third-order valence-electron chi connectivity index (χ3n) is 2.21. The summed E-state index contributed by atoms with van der Waals surface area (Å²) in [5.41, 5.74) is 2.49. The summed E-state index contributed by atoms with van der Waals surface area (Å²) in [5, 5.41) is 3.22. The van der Waals surface area contributed by atoms with Crippen LogP contribution in [0.4, 0.5) is 0 Å². The Balaban J connectivity index is 2.92. The second kappa shape index (κ2) is 5.49. The van der Waals surface area contributed by atoms with Gasteiger partial charge in [0.1, 0.15) is 0 Å². The summed E-state index contributed by atoms with van der Waals surface area (Å²) in [6, 6.07) is 6.60. The van der Waals surface area contributed by atoms with Gasteiger partial charge in [-0.15, -0.1) is 0 Å². The first-order valence-corrected chi connectivity index (χ1v) is 5.40. The first-order valence-electron chi connectivity index (χ1n) is 4.61. The summed E-state index contributed by atoms with van der Waals surface area (Å²) >= 11 is 3.56. The Morgan fingerprint density at radius 3 is 2.71 bits per heavy atom. The van der Waals surface area contributed by atoms with Crippen molar-refractivity contribution in [3.63, 3.8) is 0 Å². The molecule has 0 spiro atoms. The number of hydrogen-bond acceptors (Lipinski definition) is 2. The number of methoxy groups -OCH3 is 1. The molecule has 0 aromatic heterocycles. The summed E-state index contributed by atoms with van der Waals surface area (Å²) in [4.78, 5) is 0. The van der Waals surface area contributed by atoms with Gasteiger partial charge in [-0.25, -0.2) is 0 Å². The molecule has 2 nitrogen and oxygen atoms in total. The lowest BCUT2D eigenvalue weighted by Crippen LogP contribution is -2.21. The second-order valence-electron chi connectivity index (χ2n) is 3.32. The Kier molecular flexibility index (Phi) is 4.58. The summed E-state index contributed by atoms with van der Waals surface area (Å²) in [5.74, 6) is 0. The number of ether oxygens (including phenoxy) is 1. The fourth-order valence-electron chi connectivity index (χ4n) is 1.41. The molecule has 3 heteroatoms. The maximum Gasteiger partial charge on any atom is 0.0658 e. The second-order valence-corrected chi connectivity index (χ2v) is 4.18. The van der Waals surface area contributed by atoms with Gasteiger partial charge in [0.15, 0.2) is 0 Å². The Hall–Kier alpha value is -0.380. The first kappa shape index (κ1) is 11.7. The average molecular weight is 258 g/mol. The summed E-state index contributed by atoms with van der Waals surface area (Å²) in [6.45, 7) is 2.76. The average Bonchev–Trinajstić information content (AvgIpc) is 2.15. The van der Waals surface area contributed by atoms with Gasteiger partial charge in [-0.1, -0.05) is 28.1 Å². The van der Waals surface area contributed by atoms with Crippen molar-refractivity contribution in [2.24, 2.45) is 0 Å². The van der Waals surface area contributed by atoms with Crippen LogP contribution in [0, 0.1) is 6.92 Å². The smallest absolute Gasteiger partial charge is 0.0658 e. The number of aryl methyl sites for hydroxylation is 1. The molecular weight excluding hydrogens is 242 g/mol. The Morgan fingerprint density at radius 2 is 2.21 bits per heavy atom. The lowest BCUT2D eigenvalue weighted by Gasteiger charge is -2.17. The van der Waals surface area contributed by atoms with E-state index in [-0.39, 0.29) is 6.04 Å². The number of halogens is 1. The molecule has 0 bridgehead atoms. The largest absolute Gasteiger partial charge is 0.383 e. The molecule has 1 aromatic carbocycles. The zero-order valence-electron chi connectivity index (χ0n) is 8.80. The van der Waals surface area contributed by atoms with E-state index in [9.17, 15) is 0 Å². The van der Waals surface area contributed by atoms with Crippen LogP contribution in [0.2, 0.25) is 0 Å². The van der Waals surface area contributed by atoms with E-state index in [4.69, 9.17) is 4.74 Å². The van der Waals surface area contributed by atoms with E-state index in [0.29, 0.717) is 6.61 Å². The van der Waals surface area contributed by atoms with Gasteiger partial charge >= 0.3 is 0 Å². The van der Waals surface area contributed by atoms with E-state index in [0.717, 1.165) is 4.47 Å². The van der Waals surface area contributed by atoms with Crippen LogP contribution in [-0.4, -0.2) is 20.8 Å². The highest BCUT2D eigenvalue weighted by atomic mass is 79.9. The Labute approximate surface area is 93.8 Å². The van der Waals surface area contributed by atoms with E-state index < -0.39 is 0 Å². The fourth-order valence-corrected chi connectivity index (χ4v) is 2.18. The van der Waals surface area contributed by atoms with Gasteiger partial charge in [-0.3, -0.25) is 0 Å². The topological polar surface area (TPSA) is 21.3 Å². The lowest BCUT2D eigenvalue weighted by atomic mass is 10.1. The monoisotopic (exact) mass is 257 g/mol. The highest BCUT2D eigenvalue weighted by Gasteiger charge is 2.11. The molecule has 0 aliphatic heterocycles. The van der Waals surface area contributed by atoms with Gasteiger partial charge in [0.05, 0.1) is 12.6 Å². The SMILES string of the molecule is CNC(COC)c1ccc(C)cc1Br. The molecular formula is C11H16BrNO. The predicted octanol–water partition coefficient (Wildman–Crippen LogP) is 2.66. The predicted molar refractivity (Wildman–Crippen MR) is 62.6 cm³/mol. The van der Waals surface area contributed by atoms with E-state index in [1.807, 2.05) is 7.05 Å². The lowest BCUT2D eigenvalue weighted by molar-refractivity contribution is 0.170. The van der Waals surface area contributed by atoms with Crippen molar-refractivity contribution in [1.82, 2.24) is 5.32 Å². The Morgan fingerprint density at radius 1 is 1.50 bits per heavy atom. The molecule has 0 aliphatic rings. The van der Waals surface area contributed by atoms with Gasteiger partial charge in [-0.05, 0) is 31.2 Å². The molecule has 0 aliphatic carbocycles. The van der Waals surface area contributed by atoms with Crippen molar-refractivity contribution in [2.75, 3.05) is 20.8 Å². The first-order chi connectivity index (χ1) is 6.69.